The molecule has 2 unspecified atom stereocenters. The number of hydrogen-bond acceptors (Lipinski definition) is 3. The number of rotatable bonds is 2. The number of piperidine rings is 1. The standard InChI is InChI=1S/C11H9BrN2O2/c12-6-1-2-7(13-4-6)5-14-10(15)8-3-9(8)11(14)16/h1-2,4,8-9H,3,5H2. The number of amides is 2. The van der Waals surface area contributed by atoms with E-state index < -0.39 is 0 Å². The summed E-state index contributed by atoms with van der Waals surface area (Å²) >= 11 is 3.29. The second-order valence-electron chi connectivity index (χ2n) is 4.18. The Morgan fingerprint density at radius 2 is 2.00 bits per heavy atom. The van der Waals surface area contributed by atoms with Gasteiger partial charge in [-0.05, 0) is 34.5 Å². The first-order chi connectivity index (χ1) is 7.66. The fourth-order valence-electron chi connectivity index (χ4n) is 2.07. The van der Waals surface area contributed by atoms with E-state index in [0.29, 0.717) is 6.54 Å². The maximum Gasteiger partial charge on any atom is 0.233 e. The van der Waals surface area contributed by atoms with Gasteiger partial charge < -0.3 is 0 Å². The molecule has 16 heavy (non-hydrogen) atoms. The summed E-state index contributed by atoms with van der Waals surface area (Å²) < 4.78 is 0.887. The van der Waals surface area contributed by atoms with Crippen molar-refractivity contribution in [2.45, 2.75) is 13.0 Å². The van der Waals surface area contributed by atoms with Gasteiger partial charge in [-0.2, -0.15) is 0 Å². The molecule has 3 rings (SSSR count). The van der Waals surface area contributed by atoms with Gasteiger partial charge in [0.15, 0.2) is 0 Å². The van der Waals surface area contributed by atoms with Crippen LogP contribution in [0.1, 0.15) is 12.1 Å². The molecule has 1 saturated heterocycles. The molecule has 1 saturated carbocycles. The second kappa shape index (κ2) is 3.38. The van der Waals surface area contributed by atoms with Crippen LogP contribution in [0.3, 0.4) is 0 Å². The molecule has 0 aromatic carbocycles. The van der Waals surface area contributed by atoms with Gasteiger partial charge in [0.05, 0.1) is 24.1 Å². The highest BCUT2D eigenvalue weighted by Crippen LogP contribution is 2.47. The number of imide groups is 1. The number of halogens is 1. The van der Waals surface area contributed by atoms with E-state index in [-0.39, 0.29) is 23.7 Å². The smallest absolute Gasteiger partial charge is 0.233 e. The SMILES string of the molecule is O=C1C2CC2C(=O)N1Cc1ccc(Br)cn1. The Balaban J connectivity index is 1.78. The van der Waals surface area contributed by atoms with Crippen molar-refractivity contribution in [2.75, 3.05) is 0 Å². The molecule has 1 aromatic heterocycles. The van der Waals surface area contributed by atoms with Crippen LogP contribution in [0.5, 0.6) is 0 Å². The zero-order valence-corrected chi connectivity index (χ0v) is 9.98. The van der Waals surface area contributed by atoms with Crippen molar-refractivity contribution >= 4 is 27.7 Å². The van der Waals surface area contributed by atoms with Crippen molar-refractivity contribution in [2.24, 2.45) is 11.8 Å². The van der Waals surface area contributed by atoms with Crippen LogP contribution < -0.4 is 0 Å². The molecule has 1 aliphatic heterocycles. The number of likely N-dealkylation sites (tertiary alicyclic amines) is 1. The number of nitrogens with zero attached hydrogens (tertiary/aromatic N) is 2. The molecule has 2 heterocycles. The Hall–Kier alpha value is -1.23. The van der Waals surface area contributed by atoms with Gasteiger partial charge in [-0.15, -0.1) is 0 Å². The quantitative estimate of drug-likeness (QED) is 0.769. The lowest BCUT2D eigenvalue weighted by atomic mass is 10.3. The molecule has 0 N–H and O–H groups in total. The predicted molar refractivity (Wildman–Crippen MR) is 59.1 cm³/mol. The van der Waals surface area contributed by atoms with E-state index in [1.165, 1.54) is 4.90 Å². The Morgan fingerprint density at radius 3 is 2.56 bits per heavy atom. The Morgan fingerprint density at radius 1 is 1.31 bits per heavy atom. The van der Waals surface area contributed by atoms with E-state index in [0.717, 1.165) is 16.6 Å². The average Bonchev–Trinajstić information content (AvgIpc) is 3.02. The van der Waals surface area contributed by atoms with Crippen molar-refractivity contribution in [3.8, 4) is 0 Å². The normalized spacial score (nSPS) is 27.2. The number of carbonyl (C=O) groups is 2. The highest BCUT2D eigenvalue weighted by molar-refractivity contribution is 9.10. The van der Waals surface area contributed by atoms with Crippen molar-refractivity contribution in [1.82, 2.24) is 9.88 Å². The summed E-state index contributed by atoms with van der Waals surface area (Å²) in [6.45, 7) is 0.304. The Bertz CT molecular complexity index is 451. The van der Waals surface area contributed by atoms with Crippen molar-refractivity contribution in [1.29, 1.82) is 0 Å². The average molecular weight is 281 g/mol. The van der Waals surface area contributed by atoms with Crippen molar-refractivity contribution in [3.05, 3.63) is 28.5 Å². The van der Waals surface area contributed by atoms with Crippen molar-refractivity contribution < 1.29 is 9.59 Å². The van der Waals surface area contributed by atoms with E-state index >= 15 is 0 Å². The van der Waals surface area contributed by atoms with Crippen LogP contribution in [-0.4, -0.2) is 21.7 Å². The second-order valence-corrected chi connectivity index (χ2v) is 5.09. The zero-order valence-electron chi connectivity index (χ0n) is 8.39. The topological polar surface area (TPSA) is 50.3 Å². The molecule has 4 nitrogen and oxygen atoms in total. The molecule has 0 bridgehead atoms. The van der Waals surface area contributed by atoms with Crippen molar-refractivity contribution in [3.63, 3.8) is 0 Å². The van der Waals surface area contributed by atoms with E-state index in [1.54, 1.807) is 6.20 Å². The summed E-state index contributed by atoms with van der Waals surface area (Å²) in [6.07, 6.45) is 2.42. The molecule has 1 aromatic rings. The fraction of sp³-hybridized carbons (Fsp3) is 0.364. The van der Waals surface area contributed by atoms with Crippen LogP contribution in [0.2, 0.25) is 0 Å². The highest BCUT2D eigenvalue weighted by Gasteiger charge is 2.58. The summed E-state index contributed by atoms with van der Waals surface area (Å²) in [5.41, 5.74) is 0.742. The van der Waals surface area contributed by atoms with Gasteiger partial charge in [0.25, 0.3) is 0 Å². The lowest BCUT2D eigenvalue weighted by Gasteiger charge is -2.15. The minimum absolute atomic E-state index is 0.0250. The number of hydrogen-bond donors (Lipinski definition) is 0. The Labute approximate surface area is 101 Å². The highest BCUT2D eigenvalue weighted by atomic mass is 79.9. The molecule has 2 aliphatic rings. The lowest BCUT2D eigenvalue weighted by Crippen LogP contribution is -2.32. The third-order valence-electron chi connectivity index (χ3n) is 3.07. The van der Waals surface area contributed by atoms with Crippen LogP contribution in [0.15, 0.2) is 22.8 Å². The summed E-state index contributed by atoms with van der Waals surface area (Å²) in [5.74, 6) is -0.106. The van der Waals surface area contributed by atoms with E-state index in [2.05, 4.69) is 20.9 Å². The summed E-state index contributed by atoms with van der Waals surface area (Å²) in [4.78, 5) is 28.9. The van der Waals surface area contributed by atoms with Gasteiger partial charge in [0, 0.05) is 10.7 Å². The maximum absolute atomic E-state index is 11.7. The van der Waals surface area contributed by atoms with Crippen LogP contribution in [0, 0.1) is 11.8 Å². The molecular weight excluding hydrogens is 272 g/mol. The molecule has 0 radical (unpaired) electrons. The molecule has 0 spiro atoms. The summed E-state index contributed by atoms with van der Waals surface area (Å²) in [6, 6.07) is 3.67. The minimum Gasteiger partial charge on any atom is -0.276 e. The van der Waals surface area contributed by atoms with E-state index in [4.69, 9.17) is 0 Å². The van der Waals surface area contributed by atoms with Gasteiger partial charge in [0.1, 0.15) is 0 Å². The number of carbonyl (C=O) groups excluding carboxylic acids is 2. The lowest BCUT2D eigenvalue weighted by molar-refractivity contribution is -0.142. The Kier molecular flexibility index (Phi) is 2.10. The van der Waals surface area contributed by atoms with Crippen LogP contribution in [0.4, 0.5) is 0 Å². The van der Waals surface area contributed by atoms with Crippen LogP contribution >= 0.6 is 15.9 Å². The number of pyridine rings is 1. The number of fused-ring (bicyclic) bond motifs is 1. The number of aromatic nitrogens is 1. The van der Waals surface area contributed by atoms with Gasteiger partial charge >= 0.3 is 0 Å². The van der Waals surface area contributed by atoms with Gasteiger partial charge in [-0.1, -0.05) is 0 Å². The fourth-order valence-corrected chi connectivity index (χ4v) is 2.30. The first kappa shape index (κ1) is 9.96. The first-order valence-electron chi connectivity index (χ1n) is 5.12. The largest absolute Gasteiger partial charge is 0.276 e. The predicted octanol–water partition coefficient (Wildman–Crippen LogP) is 1.35. The van der Waals surface area contributed by atoms with Crippen LogP contribution in [-0.2, 0) is 16.1 Å². The molecule has 82 valence electrons. The van der Waals surface area contributed by atoms with Gasteiger partial charge in [0.2, 0.25) is 11.8 Å². The molecule has 2 amide bonds. The monoisotopic (exact) mass is 280 g/mol. The molecule has 5 heteroatoms. The summed E-state index contributed by atoms with van der Waals surface area (Å²) in [7, 11) is 0. The summed E-state index contributed by atoms with van der Waals surface area (Å²) in [5, 5.41) is 0. The molecular formula is C11H9BrN2O2. The first-order valence-corrected chi connectivity index (χ1v) is 5.92. The molecule has 2 fully saturated rings. The zero-order chi connectivity index (χ0) is 11.3. The van der Waals surface area contributed by atoms with E-state index in [9.17, 15) is 9.59 Å². The minimum atomic E-state index is -0.0280. The third kappa shape index (κ3) is 1.46. The maximum atomic E-state index is 11.7. The van der Waals surface area contributed by atoms with Crippen LogP contribution in [0.25, 0.3) is 0 Å². The molecule has 2 atom stereocenters. The molecule has 1 aliphatic carbocycles. The van der Waals surface area contributed by atoms with E-state index in [1.807, 2.05) is 12.1 Å². The van der Waals surface area contributed by atoms with Gasteiger partial charge in [-0.3, -0.25) is 19.5 Å². The third-order valence-corrected chi connectivity index (χ3v) is 3.53. The van der Waals surface area contributed by atoms with Gasteiger partial charge in [-0.25, -0.2) is 0 Å².